The van der Waals surface area contributed by atoms with Crippen molar-refractivity contribution in [2.24, 2.45) is 0 Å². The van der Waals surface area contributed by atoms with Crippen LogP contribution in [0.3, 0.4) is 0 Å². The van der Waals surface area contributed by atoms with Gasteiger partial charge in [0.15, 0.2) is 0 Å². The Morgan fingerprint density at radius 3 is 2.36 bits per heavy atom. The molecule has 1 aromatic heterocycles. The first-order chi connectivity index (χ1) is 6.21. The summed E-state index contributed by atoms with van der Waals surface area (Å²) in [6, 6.07) is 1.44. The van der Waals surface area contributed by atoms with Gasteiger partial charge in [-0.1, -0.05) is 11.6 Å². The maximum absolute atomic E-state index is 11.7. The van der Waals surface area contributed by atoms with Crippen LogP contribution in [-0.2, 0) is 10.0 Å². The molecule has 0 aliphatic carbocycles. The zero-order valence-electron chi connectivity index (χ0n) is 8.17. The molecule has 1 aromatic rings. The highest BCUT2D eigenvalue weighted by molar-refractivity contribution is 7.89. The number of thiophene rings is 1. The Hall–Kier alpha value is -0.100. The van der Waals surface area contributed by atoms with Crippen LogP contribution in [0.25, 0.3) is 0 Å². The molecule has 0 saturated carbocycles. The first kappa shape index (κ1) is 12.0. The fourth-order valence-electron chi connectivity index (χ4n) is 0.897. The third-order valence-electron chi connectivity index (χ3n) is 1.29. The van der Waals surface area contributed by atoms with Crippen LogP contribution in [0.15, 0.2) is 16.3 Å². The number of halogens is 1. The summed E-state index contributed by atoms with van der Waals surface area (Å²) in [5.41, 5.74) is -0.479. The normalized spacial score (nSPS) is 13.1. The molecule has 0 atom stereocenters. The maximum atomic E-state index is 11.7. The number of nitrogens with one attached hydrogen (secondary N) is 1. The molecular weight excluding hydrogens is 242 g/mol. The van der Waals surface area contributed by atoms with Crippen molar-refractivity contribution in [2.75, 3.05) is 0 Å². The summed E-state index contributed by atoms with van der Waals surface area (Å²) in [4.78, 5) is 0.224. The van der Waals surface area contributed by atoms with E-state index in [-0.39, 0.29) is 4.90 Å². The summed E-state index contributed by atoms with van der Waals surface area (Å²) in [6.45, 7) is 5.37. The highest BCUT2D eigenvalue weighted by Gasteiger charge is 2.22. The van der Waals surface area contributed by atoms with Gasteiger partial charge in [0.2, 0.25) is 10.0 Å². The summed E-state index contributed by atoms with van der Waals surface area (Å²) in [7, 11) is -3.42. The summed E-state index contributed by atoms with van der Waals surface area (Å²) in [5, 5.41) is 1.52. The Bertz CT molecular complexity index is 417. The molecule has 0 amide bonds. The van der Waals surface area contributed by atoms with Crippen LogP contribution < -0.4 is 4.72 Å². The van der Waals surface area contributed by atoms with Gasteiger partial charge in [-0.2, -0.15) is 0 Å². The lowest BCUT2D eigenvalue weighted by atomic mass is 10.1. The zero-order chi connectivity index (χ0) is 11.0. The predicted octanol–water partition coefficient (Wildman–Crippen LogP) is 2.48. The molecular formula is C8H12ClNO2S2. The molecule has 1 heterocycles. The van der Waals surface area contributed by atoms with E-state index < -0.39 is 15.6 Å². The van der Waals surface area contributed by atoms with Crippen molar-refractivity contribution in [2.45, 2.75) is 31.2 Å². The molecule has 1 rings (SSSR count). The summed E-state index contributed by atoms with van der Waals surface area (Å²) >= 11 is 6.87. The van der Waals surface area contributed by atoms with Gasteiger partial charge in [-0.15, -0.1) is 11.3 Å². The van der Waals surface area contributed by atoms with Gasteiger partial charge in [-0.05, 0) is 26.8 Å². The van der Waals surface area contributed by atoms with Crippen molar-refractivity contribution < 1.29 is 8.42 Å². The lowest BCUT2D eigenvalue weighted by Gasteiger charge is -2.19. The van der Waals surface area contributed by atoms with E-state index in [0.29, 0.717) is 4.34 Å². The van der Waals surface area contributed by atoms with E-state index in [4.69, 9.17) is 11.6 Å². The topological polar surface area (TPSA) is 46.2 Å². The minimum absolute atomic E-state index is 0.224. The molecule has 0 aromatic carbocycles. The predicted molar refractivity (Wildman–Crippen MR) is 59.4 cm³/mol. The van der Waals surface area contributed by atoms with Crippen LogP contribution in [0.4, 0.5) is 0 Å². The molecule has 0 fully saturated rings. The largest absolute Gasteiger partial charge is 0.241 e. The molecule has 6 heteroatoms. The minimum atomic E-state index is -3.42. The van der Waals surface area contributed by atoms with E-state index in [1.807, 2.05) is 0 Å². The Morgan fingerprint density at radius 2 is 2.00 bits per heavy atom. The molecule has 0 bridgehead atoms. The van der Waals surface area contributed by atoms with Gasteiger partial charge in [0, 0.05) is 10.9 Å². The van der Waals surface area contributed by atoms with Crippen molar-refractivity contribution in [1.29, 1.82) is 0 Å². The molecule has 1 N–H and O–H groups in total. The van der Waals surface area contributed by atoms with Crippen molar-refractivity contribution in [3.8, 4) is 0 Å². The van der Waals surface area contributed by atoms with Crippen LogP contribution in [0.1, 0.15) is 20.8 Å². The zero-order valence-corrected chi connectivity index (χ0v) is 10.6. The highest BCUT2D eigenvalue weighted by atomic mass is 35.5. The summed E-state index contributed by atoms with van der Waals surface area (Å²) in [6.07, 6.45) is 0. The van der Waals surface area contributed by atoms with E-state index in [1.165, 1.54) is 22.8 Å². The van der Waals surface area contributed by atoms with Crippen molar-refractivity contribution in [3.63, 3.8) is 0 Å². The minimum Gasteiger partial charge on any atom is -0.207 e. The third-order valence-corrected chi connectivity index (χ3v) is 4.27. The fourth-order valence-corrected chi connectivity index (χ4v) is 3.63. The first-order valence-corrected chi connectivity index (χ1v) is 6.73. The second kappa shape index (κ2) is 3.81. The number of hydrogen-bond acceptors (Lipinski definition) is 3. The fraction of sp³-hybridized carbons (Fsp3) is 0.500. The van der Waals surface area contributed by atoms with Gasteiger partial charge in [0.1, 0.15) is 0 Å². The standard InChI is InChI=1S/C8H12ClNO2S2/c1-8(2,3)10-14(11,12)6-4-7(9)13-5-6/h4-5,10H,1-3H3. The van der Waals surface area contributed by atoms with Crippen LogP contribution in [0.2, 0.25) is 4.34 Å². The van der Waals surface area contributed by atoms with Gasteiger partial charge in [0.25, 0.3) is 0 Å². The SMILES string of the molecule is CC(C)(C)NS(=O)(=O)c1csc(Cl)c1. The van der Waals surface area contributed by atoms with Gasteiger partial charge >= 0.3 is 0 Å². The highest BCUT2D eigenvalue weighted by Crippen LogP contribution is 2.24. The molecule has 14 heavy (non-hydrogen) atoms. The Balaban J connectivity index is 2.98. The molecule has 0 unspecified atom stereocenters. The average molecular weight is 254 g/mol. The van der Waals surface area contributed by atoms with E-state index in [2.05, 4.69) is 4.72 Å². The van der Waals surface area contributed by atoms with Crippen LogP contribution in [-0.4, -0.2) is 14.0 Å². The van der Waals surface area contributed by atoms with Gasteiger partial charge < -0.3 is 0 Å². The maximum Gasteiger partial charge on any atom is 0.241 e. The smallest absolute Gasteiger partial charge is 0.207 e. The van der Waals surface area contributed by atoms with Crippen LogP contribution >= 0.6 is 22.9 Å². The third kappa shape index (κ3) is 3.24. The van der Waals surface area contributed by atoms with Crippen LogP contribution in [0.5, 0.6) is 0 Å². The quantitative estimate of drug-likeness (QED) is 0.880. The van der Waals surface area contributed by atoms with Gasteiger partial charge in [0.05, 0.1) is 9.23 Å². The average Bonchev–Trinajstić information content (AvgIpc) is 2.29. The molecule has 0 radical (unpaired) electrons. The molecule has 80 valence electrons. The van der Waals surface area contributed by atoms with E-state index in [0.717, 1.165) is 0 Å². The van der Waals surface area contributed by atoms with Crippen molar-refractivity contribution in [1.82, 2.24) is 4.72 Å². The van der Waals surface area contributed by atoms with Crippen molar-refractivity contribution >= 4 is 33.0 Å². The molecule has 0 aliphatic heterocycles. The number of rotatable bonds is 2. The lowest BCUT2D eigenvalue weighted by Crippen LogP contribution is -2.40. The monoisotopic (exact) mass is 253 g/mol. The molecule has 3 nitrogen and oxygen atoms in total. The Kier molecular flexibility index (Phi) is 3.26. The molecule has 0 aliphatic rings. The molecule has 0 saturated heterocycles. The second-order valence-electron chi connectivity index (χ2n) is 3.94. The Labute approximate surface area is 93.1 Å². The Morgan fingerprint density at radius 1 is 1.43 bits per heavy atom. The van der Waals surface area contributed by atoms with E-state index in [9.17, 15) is 8.42 Å². The van der Waals surface area contributed by atoms with E-state index in [1.54, 1.807) is 20.8 Å². The summed E-state index contributed by atoms with van der Waals surface area (Å²) < 4.78 is 26.4. The van der Waals surface area contributed by atoms with Gasteiger partial charge in [-0.3, -0.25) is 0 Å². The van der Waals surface area contributed by atoms with Crippen LogP contribution in [0, 0.1) is 0 Å². The number of sulfonamides is 1. The van der Waals surface area contributed by atoms with Gasteiger partial charge in [-0.25, -0.2) is 13.1 Å². The number of hydrogen-bond donors (Lipinski definition) is 1. The van der Waals surface area contributed by atoms with Crippen molar-refractivity contribution in [3.05, 3.63) is 15.8 Å². The van der Waals surface area contributed by atoms with E-state index >= 15 is 0 Å². The lowest BCUT2D eigenvalue weighted by molar-refractivity contribution is 0.491. The second-order valence-corrected chi connectivity index (χ2v) is 7.17. The molecule has 0 spiro atoms. The first-order valence-electron chi connectivity index (χ1n) is 3.99. The summed E-state index contributed by atoms with van der Waals surface area (Å²) in [5.74, 6) is 0.